The molecule has 1 amide bonds. The Morgan fingerprint density at radius 1 is 0.968 bits per heavy atom. The highest BCUT2D eigenvalue weighted by Gasteiger charge is 2.34. The molecular formula is C23H28N2O5S. The molecule has 1 fully saturated rings. The second-order valence-electron chi connectivity index (χ2n) is 8.05. The van der Waals surface area contributed by atoms with Gasteiger partial charge < -0.3 is 14.4 Å². The van der Waals surface area contributed by atoms with Crippen LogP contribution >= 0.6 is 0 Å². The topological polar surface area (TPSA) is 76.2 Å². The van der Waals surface area contributed by atoms with Gasteiger partial charge in [0.2, 0.25) is 10.0 Å². The first-order chi connectivity index (χ1) is 14.9. The third-order valence-corrected chi connectivity index (χ3v) is 7.96. The van der Waals surface area contributed by atoms with E-state index in [9.17, 15) is 13.2 Å². The zero-order valence-electron chi connectivity index (χ0n) is 18.1. The molecule has 8 heteroatoms. The monoisotopic (exact) mass is 444 g/mol. The van der Waals surface area contributed by atoms with Crippen molar-refractivity contribution >= 4 is 21.6 Å². The number of carbonyl (C=O) groups excluding carboxylic acids is 1. The van der Waals surface area contributed by atoms with E-state index < -0.39 is 10.0 Å². The molecule has 0 aliphatic carbocycles. The standard InChI is InChI=1S/C23H28N2O5S/c1-16-13-18-14-19(31(27,28)24-11-5-4-6-12-24)8-9-20(18)25(16)23(26)17-7-10-21(29-2)22(15-17)30-3/h7-10,14-16H,4-6,11-13H2,1-3H3/t16-/m1/s1. The summed E-state index contributed by atoms with van der Waals surface area (Å²) in [4.78, 5) is 15.4. The number of amides is 1. The number of methoxy groups -OCH3 is 2. The third-order valence-electron chi connectivity index (χ3n) is 6.07. The van der Waals surface area contributed by atoms with Crippen LogP contribution in [-0.2, 0) is 16.4 Å². The van der Waals surface area contributed by atoms with Gasteiger partial charge in [0, 0.05) is 30.4 Å². The Kier molecular flexibility index (Phi) is 5.94. The van der Waals surface area contributed by atoms with Crippen molar-refractivity contribution < 1.29 is 22.7 Å². The summed E-state index contributed by atoms with van der Waals surface area (Å²) in [6.07, 6.45) is 3.47. The fraction of sp³-hybridized carbons (Fsp3) is 0.435. The number of hydrogen-bond acceptors (Lipinski definition) is 5. The summed E-state index contributed by atoms with van der Waals surface area (Å²) in [5.41, 5.74) is 2.12. The Bertz CT molecular complexity index is 1090. The molecule has 0 radical (unpaired) electrons. The van der Waals surface area contributed by atoms with Crippen LogP contribution in [0.1, 0.15) is 42.1 Å². The van der Waals surface area contributed by atoms with Crippen molar-refractivity contribution in [2.24, 2.45) is 0 Å². The number of rotatable bonds is 5. The molecule has 0 saturated carbocycles. The smallest absolute Gasteiger partial charge is 0.258 e. The summed E-state index contributed by atoms with van der Waals surface area (Å²) < 4.78 is 38.3. The number of ether oxygens (including phenoxy) is 2. The van der Waals surface area contributed by atoms with Crippen LogP contribution in [0.2, 0.25) is 0 Å². The number of benzene rings is 2. The second kappa shape index (κ2) is 8.51. The van der Waals surface area contributed by atoms with Gasteiger partial charge in [0.1, 0.15) is 0 Å². The Hall–Kier alpha value is -2.58. The summed E-state index contributed by atoms with van der Waals surface area (Å²) >= 11 is 0. The molecule has 2 aromatic carbocycles. The predicted octanol–water partition coefficient (Wildman–Crippen LogP) is 3.47. The molecule has 0 N–H and O–H groups in total. The van der Waals surface area contributed by atoms with Gasteiger partial charge in [-0.05, 0) is 68.1 Å². The van der Waals surface area contributed by atoms with Gasteiger partial charge in [-0.1, -0.05) is 6.42 Å². The van der Waals surface area contributed by atoms with E-state index in [4.69, 9.17) is 9.47 Å². The number of nitrogens with zero attached hydrogens (tertiary/aromatic N) is 2. The van der Waals surface area contributed by atoms with Crippen molar-refractivity contribution in [3.05, 3.63) is 47.5 Å². The minimum absolute atomic E-state index is 0.0801. The van der Waals surface area contributed by atoms with Gasteiger partial charge in [-0.2, -0.15) is 4.31 Å². The highest BCUT2D eigenvalue weighted by molar-refractivity contribution is 7.89. The van der Waals surface area contributed by atoms with Crippen LogP contribution in [0, 0.1) is 0 Å². The van der Waals surface area contributed by atoms with E-state index in [2.05, 4.69) is 0 Å². The van der Waals surface area contributed by atoms with Crippen molar-refractivity contribution in [1.82, 2.24) is 4.31 Å². The molecule has 2 aliphatic rings. The fourth-order valence-corrected chi connectivity index (χ4v) is 6.01. The Morgan fingerprint density at radius 2 is 1.68 bits per heavy atom. The zero-order valence-corrected chi connectivity index (χ0v) is 18.9. The number of carbonyl (C=O) groups is 1. The Labute approximate surface area is 183 Å². The molecular weight excluding hydrogens is 416 g/mol. The van der Waals surface area contributed by atoms with E-state index >= 15 is 0 Å². The van der Waals surface area contributed by atoms with E-state index in [1.54, 1.807) is 52.7 Å². The molecule has 0 spiro atoms. The molecule has 31 heavy (non-hydrogen) atoms. The molecule has 4 rings (SSSR count). The lowest BCUT2D eigenvalue weighted by atomic mass is 10.1. The van der Waals surface area contributed by atoms with E-state index in [-0.39, 0.29) is 11.9 Å². The lowest BCUT2D eigenvalue weighted by molar-refractivity contribution is 0.0981. The number of anilines is 1. The molecule has 1 saturated heterocycles. The van der Waals surface area contributed by atoms with E-state index in [0.29, 0.717) is 41.5 Å². The van der Waals surface area contributed by atoms with Gasteiger partial charge >= 0.3 is 0 Å². The van der Waals surface area contributed by atoms with Crippen LogP contribution in [0.25, 0.3) is 0 Å². The van der Waals surface area contributed by atoms with E-state index in [0.717, 1.165) is 30.5 Å². The van der Waals surface area contributed by atoms with Crippen LogP contribution in [0.4, 0.5) is 5.69 Å². The molecule has 2 aromatic rings. The maximum absolute atomic E-state index is 13.3. The number of fused-ring (bicyclic) bond motifs is 1. The SMILES string of the molecule is COc1ccc(C(=O)N2c3ccc(S(=O)(=O)N4CCCCC4)cc3C[C@H]2C)cc1OC. The lowest BCUT2D eigenvalue weighted by Crippen LogP contribution is -2.36. The Balaban J connectivity index is 1.64. The summed E-state index contributed by atoms with van der Waals surface area (Å²) in [5, 5.41) is 0. The quantitative estimate of drug-likeness (QED) is 0.706. The highest BCUT2D eigenvalue weighted by atomic mass is 32.2. The number of sulfonamides is 1. The van der Waals surface area contributed by atoms with E-state index in [1.807, 2.05) is 6.92 Å². The van der Waals surface area contributed by atoms with Crippen LogP contribution in [0.15, 0.2) is 41.3 Å². The van der Waals surface area contributed by atoms with Gasteiger partial charge in [0.25, 0.3) is 5.91 Å². The fourth-order valence-electron chi connectivity index (χ4n) is 4.44. The number of hydrogen-bond donors (Lipinski definition) is 0. The lowest BCUT2D eigenvalue weighted by Gasteiger charge is -2.26. The third kappa shape index (κ3) is 3.90. The first-order valence-electron chi connectivity index (χ1n) is 10.6. The van der Waals surface area contributed by atoms with E-state index in [1.165, 1.54) is 7.11 Å². The minimum Gasteiger partial charge on any atom is -0.493 e. The molecule has 166 valence electrons. The van der Waals surface area contributed by atoms with Gasteiger partial charge in [-0.3, -0.25) is 4.79 Å². The maximum Gasteiger partial charge on any atom is 0.258 e. The van der Waals surface area contributed by atoms with Crippen molar-refractivity contribution in [2.75, 3.05) is 32.2 Å². The van der Waals surface area contributed by atoms with Crippen LogP contribution in [0.5, 0.6) is 11.5 Å². The number of piperidine rings is 1. The summed E-state index contributed by atoms with van der Waals surface area (Å²) in [5.74, 6) is 0.892. The normalized spacial score (nSPS) is 19.2. The van der Waals surface area contributed by atoms with Crippen molar-refractivity contribution in [3.63, 3.8) is 0 Å². The molecule has 2 aliphatic heterocycles. The predicted molar refractivity (Wildman–Crippen MR) is 119 cm³/mol. The second-order valence-corrected chi connectivity index (χ2v) is 9.99. The molecule has 1 atom stereocenters. The average molecular weight is 445 g/mol. The average Bonchev–Trinajstić information content (AvgIpc) is 3.13. The molecule has 0 aromatic heterocycles. The van der Waals surface area contributed by atoms with Crippen molar-refractivity contribution in [3.8, 4) is 11.5 Å². The maximum atomic E-state index is 13.3. The summed E-state index contributed by atoms with van der Waals surface area (Å²) in [6.45, 7) is 3.11. The zero-order chi connectivity index (χ0) is 22.2. The largest absolute Gasteiger partial charge is 0.493 e. The van der Waals surface area contributed by atoms with Gasteiger partial charge in [-0.15, -0.1) is 0 Å². The van der Waals surface area contributed by atoms with Gasteiger partial charge in [0.05, 0.1) is 19.1 Å². The first-order valence-corrected chi connectivity index (χ1v) is 12.0. The van der Waals surface area contributed by atoms with Crippen LogP contribution in [0.3, 0.4) is 0 Å². The molecule has 2 heterocycles. The molecule has 0 unspecified atom stereocenters. The van der Waals surface area contributed by atoms with Gasteiger partial charge in [0.15, 0.2) is 11.5 Å². The summed E-state index contributed by atoms with van der Waals surface area (Å²) in [6, 6.07) is 10.1. The van der Waals surface area contributed by atoms with Crippen LogP contribution in [-0.4, -0.2) is 52.0 Å². The Morgan fingerprint density at radius 3 is 2.35 bits per heavy atom. The summed E-state index contributed by atoms with van der Waals surface area (Å²) in [7, 11) is -0.427. The van der Waals surface area contributed by atoms with Gasteiger partial charge in [-0.25, -0.2) is 8.42 Å². The first kappa shape index (κ1) is 21.6. The van der Waals surface area contributed by atoms with Crippen molar-refractivity contribution in [1.29, 1.82) is 0 Å². The molecule has 7 nitrogen and oxygen atoms in total. The van der Waals surface area contributed by atoms with Crippen molar-refractivity contribution in [2.45, 2.75) is 43.5 Å². The molecule has 0 bridgehead atoms. The minimum atomic E-state index is -3.51. The van der Waals surface area contributed by atoms with Crippen LogP contribution < -0.4 is 14.4 Å². The highest BCUT2D eigenvalue weighted by Crippen LogP contribution is 2.37.